The lowest BCUT2D eigenvalue weighted by Crippen LogP contribution is -2.06. The van der Waals surface area contributed by atoms with Crippen LogP contribution in [0.5, 0.6) is 0 Å². The number of nitrogens with one attached hydrogen (secondary N) is 1. The van der Waals surface area contributed by atoms with Gasteiger partial charge in [-0.3, -0.25) is 0 Å². The molecule has 3 rings (SSSR count). The molecule has 0 aliphatic heterocycles. The van der Waals surface area contributed by atoms with E-state index < -0.39 is 0 Å². The van der Waals surface area contributed by atoms with Crippen molar-refractivity contribution in [3.8, 4) is 10.8 Å². The molecule has 122 valence electrons. The van der Waals surface area contributed by atoms with Gasteiger partial charge in [-0.15, -0.1) is 21.5 Å². The molecule has 0 aliphatic rings. The molecule has 0 fully saturated rings. The van der Waals surface area contributed by atoms with Gasteiger partial charge in [-0.25, -0.2) is 4.98 Å². The molecular formula is C14H16N4O2S3. The topological polar surface area (TPSA) is 73.1 Å². The number of thioether (sulfide) groups is 1. The smallest absolute Gasteiger partial charge is 0.236 e. The number of oxazole rings is 1. The number of hydrogen-bond acceptors (Lipinski definition) is 9. The summed E-state index contributed by atoms with van der Waals surface area (Å²) in [5.74, 6) is 2.25. The Hall–Kier alpha value is -1.42. The van der Waals surface area contributed by atoms with Gasteiger partial charge in [0.05, 0.1) is 17.2 Å². The zero-order valence-electron chi connectivity index (χ0n) is 12.7. The van der Waals surface area contributed by atoms with Gasteiger partial charge in [0.15, 0.2) is 4.34 Å². The number of thiophene rings is 1. The van der Waals surface area contributed by atoms with Gasteiger partial charge in [0.1, 0.15) is 5.76 Å². The van der Waals surface area contributed by atoms with Crippen LogP contribution in [0.15, 0.2) is 26.3 Å². The van der Waals surface area contributed by atoms with Gasteiger partial charge in [0, 0.05) is 19.4 Å². The van der Waals surface area contributed by atoms with Crippen molar-refractivity contribution in [2.24, 2.45) is 0 Å². The zero-order chi connectivity index (χ0) is 16.1. The third kappa shape index (κ3) is 4.31. The average Bonchev–Trinajstić information content (AvgIpc) is 3.26. The molecule has 0 atom stereocenters. The van der Waals surface area contributed by atoms with Crippen LogP contribution in [0.4, 0.5) is 5.13 Å². The first-order valence-corrected chi connectivity index (χ1v) is 9.63. The maximum Gasteiger partial charge on any atom is 0.236 e. The van der Waals surface area contributed by atoms with Crippen LogP contribution in [0.25, 0.3) is 10.8 Å². The second-order valence-corrected chi connectivity index (χ2v) is 7.73. The Morgan fingerprint density at radius 2 is 2.30 bits per heavy atom. The summed E-state index contributed by atoms with van der Waals surface area (Å²) in [6.07, 6.45) is 0. The van der Waals surface area contributed by atoms with Crippen molar-refractivity contribution in [3.63, 3.8) is 0 Å². The Morgan fingerprint density at radius 1 is 1.39 bits per heavy atom. The molecule has 0 bridgehead atoms. The summed E-state index contributed by atoms with van der Waals surface area (Å²) in [4.78, 5) is 5.63. The highest BCUT2D eigenvalue weighted by atomic mass is 32.2. The van der Waals surface area contributed by atoms with Gasteiger partial charge in [0.2, 0.25) is 11.0 Å². The van der Waals surface area contributed by atoms with Gasteiger partial charge in [-0.05, 0) is 18.4 Å². The highest BCUT2D eigenvalue weighted by Gasteiger charge is 2.13. The van der Waals surface area contributed by atoms with E-state index >= 15 is 0 Å². The molecule has 0 saturated heterocycles. The molecule has 6 nitrogen and oxygen atoms in total. The fourth-order valence-corrected chi connectivity index (χ4v) is 4.23. The van der Waals surface area contributed by atoms with Crippen LogP contribution in [0.3, 0.4) is 0 Å². The Bertz CT molecular complexity index is 739. The fraction of sp³-hybridized carbons (Fsp3) is 0.357. The summed E-state index contributed by atoms with van der Waals surface area (Å²) in [7, 11) is 1.67. The van der Waals surface area contributed by atoms with Crippen LogP contribution >= 0.6 is 34.4 Å². The van der Waals surface area contributed by atoms with Crippen LogP contribution in [-0.2, 0) is 10.5 Å². The number of nitrogens with zero attached hydrogens (tertiary/aromatic N) is 3. The molecule has 3 heterocycles. The largest absolute Gasteiger partial charge is 0.440 e. The zero-order valence-corrected chi connectivity index (χ0v) is 15.2. The van der Waals surface area contributed by atoms with E-state index in [1.807, 2.05) is 24.4 Å². The van der Waals surface area contributed by atoms with E-state index in [2.05, 4.69) is 20.5 Å². The second-order valence-electron chi connectivity index (χ2n) is 4.58. The van der Waals surface area contributed by atoms with E-state index in [0.717, 1.165) is 32.3 Å². The van der Waals surface area contributed by atoms with E-state index in [0.29, 0.717) is 18.3 Å². The molecule has 0 saturated carbocycles. The molecule has 0 unspecified atom stereocenters. The highest BCUT2D eigenvalue weighted by molar-refractivity contribution is 8.00. The fourth-order valence-electron chi connectivity index (χ4n) is 1.80. The summed E-state index contributed by atoms with van der Waals surface area (Å²) in [5, 5.41) is 14.3. The van der Waals surface area contributed by atoms with Gasteiger partial charge in [0.25, 0.3) is 0 Å². The van der Waals surface area contributed by atoms with E-state index in [4.69, 9.17) is 9.15 Å². The summed E-state index contributed by atoms with van der Waals surface area (Å²) < 4.78 is 11.6. The lowest BCUT2D eigenvalue weighted by Gasteiger charge is -1.98. The SMILES string of the molecule is COCCNc1nnc(SCc2nc(-c3cccs3)oc2C)s1. The third-order valence-electron chi connectivity index (χ3n) is 2.95. The standard InChI is InChI=1S/C14H16N4O2S3/c1-9-10(16-12(20-9)11-4-3-7-21-11)8-22-14-18-17-13(23-14)15-5-6-19-2/h3-4,7H,5-6,8H2,1-2H3,(H,15,17). The summed E-state index contributed by atoms with van der Waals surface area (Å²) in [6.45, 7) is 3.31. The predicted octanol–water partition coefficient (Wildman–Crippen LogP) is 3.91. The molecule has 0 aromatic carbocycles. The van der Waals surface area contributed by atoms with Crippen LogP contribution < -0.4 is 5.32 Å². The number of anilines is 1. The normalized spacial score (nSPS) is 11.0. The first kappa shape index (κ1) is 16.4. The first-order valence-electron chi connectivity index (χ1n) is 6.95. The number of rotatable bonds is 8. The Labute approximate surface area is 146 Å². The summed E-state index contributed by atoms with van der Waals surface area (Å²) in [6, 6.07) is 4.00. The van der Waals surface area contributed by atoms with E-state index in [-0.39, 0.29) is 0 Å². The summed E-state index contributed by atoms with van der Waals surface area (Å²) in [5.41, 5.74) is 0.947. The van der Waals surface area contributed by atoms with Crippen LogP contribution in [0.1, 0.15) is 11.5 Å². The van der Waals surface area contributed by atoms with Crippen molar-refractivity contribution in [1.29, 1.82) is 0 Å². The Balaban J connectivity index is 1.58. The van der Waals surface area contributed by atoms with Crippen molar-refractivity contribution < 1.29 is 9.15 Å². The van der Waals surface area contributed by atoms with E-state index in [9.17, 15) is 0 Å². The van der Waals surface area contributed by atoms with Gasteiger partial charge >= 0.3 is 0 Å². The molecule has 0 amide bonds. The molecule has 9 heteroatoms. The van der Waals surface area contributed by atoms with Crippen LogP contribution in [-0.4, -0.2) is 35.4 Å². The maximum absolute atomic E-state index is 5.75. The minimum Gasteiger partial charge on any atom is -0.440 e. The number of hydrogen-bond donors (Lipinski definition) is 1. The molecule has 0 spiro atoms. The van der Waals surface area contributed by atoms with Crippen molar-refractivity contribution in [3.05, 3.63) is 29.0 Å². The predicted molar refractivity (Wildman–Crippen MR) is 94.4 cm³/mol. The van der Waals surface area contributed by atoms with Crippen molar-refractivity contribution in [1.82, 2.24) is 15.2 Å². The minimum atomic E-state index is 0.645. The van der Waals surface area contributed by atoms with Crippen LogP contribution in [0, 0.1) is 6.92 Å². The molecule has 23 heavy (non-hydrogen) atoms. The van der Waals surface area contributed by atoms with Gasteiger partial charge in [-0.1, -0.05) is 29.2 Å². The summed E-state index contributed by atoms with van der Waals surface area (Å²) >= 11 is 4.77. The number of aryl methyl sites for hydroxylation is 1. The maximum atomic E-state index is 5.75. The average molecular weight is 369 g/mol. The lowest BCUT2D eigenvalue weighted by molar-refractivity contribution is 0.211. The van der Waals surface area contributed by atoms with Crippen molar-refractivity contribution in [2.75, 3.05) is 25.6 Å². The molecule has 3 aromatic rings. The quantitative estimate of drug-likeness (QED) is 0.477. The van der Waals surface area contributed by atoms with Gasteiger partial charge in [-0.2, -0.15) is 0 Å². The Morgan fingerprint density at radius 3 is 3.09 bits per heavy atom. The van der Waals surface area contributed by atoms with Crippen LogP contribution in [0.2, 0.25) is 0 Å². The number of ether oxygens (including phenoxy) is 1. The number of methoxy groups -OCH3 is 1. The molecule has 0 radical (unpaired) electrons. The van der Waals surface area contributed by atoms with E-state index in [1.54, 1.807) is 30.2 Å². The van der Waals surface area contributed by atoms with Gasteiger partial charge < -0.3 is 14.5 Å². The third-order valence-corrected chi connectivity index (χ3v) is 5.83. The highest BCUT2D eigenvalue weighted by Crippen LogP contribution is 2.31. The van der Waals surface area contributed by atoms with Crippen molar-refractivity contribution in [2.45, 2.75) is 17.0 Å². The molecular weight excluding hydrogens is 352 g/mol. The number of aromatic nitrogens is 3. The monoisotopic (exact) mass is 368 g/mol. The van der Waals surface area contributed by atoms with Crippen molar-refractivity contribution >= 4 is 39.6 Å². The first-order chi connectivity index (χ1) is 11.3. The second kappa shape index (κ2) is 7.91. The lowest BCUT2D eigenvalue weighted by atomic mass is 10.4. The van der Waals surface area contributed by atoms with E-state index in [1.165, 1.54) is 11.3 Å². The molecule has 3 aromatic heterocycles. The molecule has 0 aliphatic carbocycles. The Kier molecular flexibility index (Phi) is 5.65. The molecule has 1 N–H and O–H groups in total. The minimum absolute atomic E-state index is 0.645.